The van der Waals surface area contributed by atoms with Gasteiger partial charge in [0.2, 0.25) is 12.1 Å². The summed E-state index contributed by atoms with van der Waals surface area (Å²) in [6.07, 6.45) is 2.01. The number of carbonyl (C=O) groups excluding carboxylic acids is 3. The smallest absolute Gasteiger partial charge is 0.255 e. The molecule has 0 amide bonds. The lowest BCUT2D eigenvalue weighted by Gasteiger charge is -2.11. The summed E-state index contributed by atoms with van der Waals surface area (Å²) >= 11 is 0.978. The summed E-state index contributed by atoms with van der Waals surface area (Å²) in [7, 11) is 0. The maximum Gasteiger partial charge on any atom is 0.255 e. The van der Waals surface area contributed by atoms with Gasteiger partial charge in [-0.05, 0) is 6.42 Å². The van der Waals surface area contributed by atoms with E-state index < -0.39 is 16.8 Å². The van der Waals surface area contributed by atoms with E-state index in [9.17, 15) is 14.4 Å². The van der Waals surface area contributed by atoms with Gasteiger partial charge in [0.15, 0.2) is 0 Å². The average Bonchev–Trinajstić information content (AvgIpc) is 1.95. The maximum atomic E-state index is 10.7. The molecule has 4 heteroatoms. The third kappa shape index (κ3) is 1.26. The Kier molecular flexibility index (Phi) is 2.21. The summed E-state index contributed by atoms with van der Waals surface area (Å²) in [5, 5.41) is -0.500. The molecule has 1 radical (unpaired) electrons. The Morgan fingerprint density at radius 1 is 1.50 bits per heavy atom. The van der Waals surface area contributed by atoms with Crippen molar-refractivity contribution in [3.63, 3.8) is 0 Å². The second kappa shape index (κ2) is 2.96. The van der Waals surface area contributed by atoms with Crippen LogP contribution < -0.4 is 0 Å². The molecule has 0 aromatic heterocycles. The van der Waals surface area contributed by atoms with Gasteiger partial charge in [-0.1, -0.05) is 11.8 Å². The molecule has 0 bridgehead atoms. The number of ketones is 1. The fraction of sp³-hybridized carbons (Fsp3) is 0.500. The van der Waals surface area contributed by atoms with E-state index in [4.69, 9.17) is 0 Å². The van der Waals surface area contributed by atoms with Crippen molar-refractivity contribution in [2.45, 2.75) is 6.42 Å². The zero-order valence-corrected chi connectivity index (χ0v) is 5.94. The molecule has 1 saturated heterocycles. The van der Waals surface area contributed by atoms with Crippen molar-refractivity contribution in [2.75, 3.05) is 5.75 Å². The first-order valence-electron chi connectivity index (χ1n) is 2.84. The molecule has 0 spiro atoms. The summed E-state index contributed by atoms with van der Waals surface area (Å²) in [4.78, 5) is 31.3. The van der Waals surface area contributed by atoms with Crippen LogP contribution in [0.15, 0.2) is 0 Å². The van der Waals surface area contributed by atoms with Crippen LogP contribution in [0.25, 0.3) is 0 Å². The molecular weight excluding hydrogens is 152 g/mol. The zero-order valence-electron chi connectivity index (χ0n) is 5.12. The van der Waals surface area contributed by atoms with Crippen molar-refractivity contribution in [3.05, 3.63) is 0 Å². The van der Waals surface area contributed by atoms with Gasteiger partial charge in [-0.3, -0.25) is 14.4 Å². The van der Waals surface area contributed by atoms with Gasteiger partial charge in [-0.15, -0.1) is 0 Å². The highest BCUT2D eigenvalue weighted by Gasteiger charge is 2.30. The van der Waals surface area contributed by atoms with Crippen LogP contribution in [0.1, 0.15) is 6.42 Å². The van der Waals surface area contributed by atoms with Crippen LogP contribution in [-0.2, 0) is 14.4 Å². The third-order valence-corrected chi connectivity index (χ3v) is 2.20. The summed E-state index contributed by atoms with van der Waals surface area (Å²) in [5.41, 5.74) is 0. The minimum absolute atomic E-state index is 0.457. The van der Waals surface area contributed by atoms with Crippen LogP contribution in [0.2, 0.25) is 0 Å². The number of hydrogen-bond acceptors (Lipinski definition) is 4. The molecule has 1 aliphatic heterocycles. The topological polar surface area (TPSA) is 51.2 Å². The maximum absolute atomic E-state index is 10.7. The van der Waals surface area contributed by atoms with E-state index in [1.807, 2.05) is 0 Å². The molecule has 0 aromatic rings. The summed E-state index contributed by atoms with van der Waals surface area (Å²) in [6, 6.07) is 0. The molecule has 0 N–H and O–H groups in total. The lowest BCUT2D eigenvalue weighted by Crippen LogP contribution is -2.27. The fourth-order valence-corrected chi connectivity index (χ4v) is 1.55. The highest BCUT2D eigenvalue weighted by atomic mass is 32.2. The van der Waals surface area contributed by atoms with E-state index in [0.717, 1.165) is 11.8 Å². The van der Waals surface area contributed by atoms with Gasteiger partial charge in [0.1, 0.15) is 0 Å². The van der Waals surface area contributed by atoms with Gasteiger partial charge >= 0.3 is 0 Å². The number of hydrogen-bond donors (Lipinski definition) is 0. The van der Waals surface area contributed by atoms with Gasteiger partial charge in [0.25, 0.3) is 5.12 Å². The number of carbonyl (C=O) groups is 2. The van der Waals surface area contributed by atoms with E-state index in [2.05, 4.69) is 0 Å². The summed E-state index contributed by atoms with van der Waals surface area (Å²) < 4.78 is 0. The number of thioether (sulfide) groups is 1. The Morgan fingerprint density at radius 3 is 2.70 bits per heavy atom. The first kappa shape index (κ1) is 7.47. The van der Waals surface area contributed by atoms with E-state index in [-0.39, 0.29) is 0 Å². The quantitative estimate of drug-likeness (QED) is 0.395. The molecule has 0 aliphatic carbocycles. The SMILES string of the molecule is O=[C]C1CCSC(=O)C1=O. The van der Waals surface area contributed by atoms with Crippen molar-refractivity contribution in [1.82, 2.24) is 0 Å². The van der Waals surface area contributed by atoms with E-state index in [1.54, 1.807) is 6.29 Å². The monoisotopic (exact) mass is 157 g/mol. The minimum Gasteiger partial charge on any atom is -0.290 e. The first-order chi connectivity index (χ1) is 4.75. The standard InChI is InChI=1S/C6H5O3S/c7-3-4-1-2-10-6(9)5(4)8/h4H,1-2H2. The average molecular weight is 157 g/mol. The Hall–Kier alpha value is -0.640. The van der Waals surface area contributed by atoms with E-state index in [1.165, 1.54) is 0 Å². The number of rotatable bonds is 1. The lowest BCUT2D eigenvalue weighted by molar-refractivity contribution is -0.133. The summed E-state index contributed by atoms with van der Waals surface area (Å²) in [5.74, 6) is -0.815. The van der Waals surface area contributed by atoms with Crippen LogP contribution in [0, 0.1) is 5.92 Å². The Balaban J connectivity index is 2.68. The highest BCUT2D eigenvalue weighted by molar-refractivity contribution is 8.15. The van der Waals surface area contributed by atoms with E-state index in [0.29, 0.717) is 12.2 Å². The molecule has 1 atom stereocenters. The fourth-order valence-electron chi connectivity index (χ4n) is 0.726. The third-order valence-electron chi connectivity index (χ3n) is 1.30. The Labute approximate surface area is 62.2 Å². The predicted molar refractivity (Wildman–Crippen MR) is 36.3 cm³/mol. The molecule has 1 fully saturated rings. The van der Waals surface area contributed by atoms with Crippen molar-refractivity contribution in [2.24, 2.45) is 5.92 Å². The Bertz CT molecular complexity index is 187. The van der Waals surface area contributed by atoms with Gasteiger partial charge in [0, 0.05) is 5.75 Å². The Morgan fingerprint density at radius 2 is 2.20 bits per heavy atom. The molecular formula is C6H5O3S. The van der Waals surface area contributed by atoms with Gasteiger partial charge < -0.3 is 0 Å². The molecule has 1 unspecified atom stereocenters. The van der Waals surface area contributed by atoms with Crippen LogP contribution >= 0.6 is 11.8 Å². The van der Waals surface area contributed by atoms with Gasteiger partial charge in [-0.2, -0.15) is 0 Å². The normalized spacial score (nSPS) is 26.6. The second-order valence-corrected chi connectivity index (χ2v) is 3.03. The minimum atomic E-state index is -0.784. The van der Waals surface area contributed by atoms with E-state index >= 15 is 0 Å². The van der Waals surface area contributed by atoms with Gasteiger partial charge in [0.05, 0.1) is 5.92 Å². The number of Topliss-reactive ketones (excluding diaryl/α,β-unsaturated/α-hetero) is 1. The lowest BCUT2D eigenvalue weighted by atomic mass is 10.0. The molecule has 3 nitrogen and oxygen atoms in total. The largest absolute Gasteiger partial charge is 0.290 e. The van der Waals surface area contributed by atoms with Crippen LogP contribution in [-0.4, -0.2) is 22.9 Å². The van der Waals surface area contributed by atoms with Crippen molar-refractivity contribution in [1.29, 1.82) is 0 Å². The zero-order chi connectivity index (χ0) is 7.56. The first-order valence-corrected chi connectivity index (χ1v) is 3.83. The van der Waals surface area contributed by atoms with Crippen molar-refractivity contribution >= 4 is 28.9 Å². The van der Waals surface area contributed by atoms with Crippen LogP contribution in [0.3, 0.4) is 0 Å². The molecule has 0 saturated carbocycles. The van der Waals surface area contributed by atoms with Crippen LogP contribution in [0.5, 0.6) is 0 Å². The molecule has 53 valence electrons. The van der Waals surface area contributed by atoms with Crippen LogP contribution in [0.4, 0.5) is 0 Å². The second-order valence-electron chi connectivity index (χ2n) is 1.96. The molecule has 1 aliphatic rings. The molecule has 0 aromatic carbocycles. The van der Waals surface area contributed by atoms with Crippen molar-refractivity contribution < 1.29 is 14.4 Å². The van der Waals surface area contributed by atoms with Crippen molar-refractivity contribution in [3.8, 4) is 0 Å². The molecule has 1 heterocycles. The molecule has 10 heavy (non-hydrogen) atoms. The predicted octanol–water partition coefficient (Wildman–Crippen LogP) is -0.0551. The van der Waals surface area contributed by atoms with Gasteiger partial charge in [-0.25, -0.2) is 0 Å². The summed E-state index contributed by atoms with van der Waals surface area (Å²) in [6.45, 7) is 0. The molecule has 1 rings (SSSR count). The highest BCUT2D eigenvalue weighted by Crippen LogP contribution is 2.19.